The van der Waals surface area contributed by atoms with Crippen LogP contribution in [0.3, 0.4) is 0 Å². The second kappa shape index (κ2) is 5.88. The van der Waals surface area contributed by atoms with Crippen molar-refractivity contribution in [3.05, 3.63) is 46.0 Å². The highest BCUT2D eigenvalue weighted by Gasteiger charge is 2.32. The lowest BCUT2D eigenvalue weighted by Crippen LogP contribution is -2.17. The number of anilines is 2. The second-order valence-corrected chi connectivity index (χ2v) is 4.98. The Labute approximate surface area is 125 Å². The number of rotatable bonds is 3. The molecule has 1 N–H and O–H groups in total. The first-order chi connectivity index (χ1) is 9.35. The van der Waals surface area contributed by atoms with Gasteiger partial charge in [0.05, 0.1) is 10.7 Å². The van der Waals surface area contributed by atoms with E-state index < -0.39 is 6.36 Å². The average molecular weight is 368 g/mol. The molecule has 3 nitrogen and oxygen atoms in total. The molecule has 0 aliphatic carbocycles. The van der Waals surface area contributed by atoms with Crippen molar-refractivity contribution in [3.63, 3.8) is 0 Å². The van der Waals surface area contributed by atoms with E-state index in [9.17, 15) is 13.2 Å². The first-order valence-corrected chi connectivity index (χ1v) is 6.45. The van der Waals surface area contributed by atoms with Crippen LogP contribution >= 0.6 is 27.5 Å². The molecular formula is C12H7BrClF3N2O. The summed E-state index contributed by atoms with van der Waals surface area (Å²) in [7, 11) is 0. The molecule has 8 heteroatoms. The lowest BCUT2D eigenvalue weighted by Gasteiger charge is -2.14. The maximum Gasteiger partial charge on any atom is 0.573 e. The van der Waals surface area contributed by atoms with Crippen LogP contribution in [0.2, 0.25) is 5.02 Å². The zero-order valence-electron chi connectivity index (χ0n) is 9.71. The molecule has 1 heterocycles. The van der Waals surface area contributed by atoms with E-state index in [1.54, 1.807) is 12.1 Å². The van der Waals surface area contributed by atoms with E-state index in [4.69, 9.17) is 11.6 Å². The molecule has 1 aromatic carbocycles. The van der Waals surface area contributed by atoms with Crippen molar-refractivity contribution in [2.75, 3.05) is 5.32 Å². The van der Waals surface area contributed by atoms with Gasteiger partial charge in [0.15, 0.2) is 5.75 Å². The van der Waals surface area contributed by atoms with E-state index in [1.807, 2.05) is 0 Å². The summed E-state index contributed by atoms with van der Waals surface area (Å²) in [6.07, 6.45) is -3.30. The third-order valence-electron chi connectivity index (χ3n) is 2.17. The zero-order chi connectivity index (χ0) is 14.8. The third-order valence-corrected chi connectivity index (χ3v) is 2.90. The van der Waals surface area contributed by atoms with E-state index in [0.29, 0.717) is 4.47 Å². The van der Waals surface area contributed by atoms with Crippen molar-refractivity contribution < 1.29 is 17.9 Å². The fraction of sp³-hybridized carbons (Fsp3) is 0.0833. The van der Waals surface area contributed by atoms with Crippen molar-refractivity contribution >= 4 is 39.0 Å². The Morgan fingerprint density at radius 1 is 1.25 bits per heavy atom. The normalized spacial score (nSPS) is 11.2. The summed E-state index contributed by atoms with van der Waals surface area (Å²) in [4.78, 5) is 3.98. The van der Waals surface area contributed by atoms with E-state index in [0.717, 1.165) is 0 Å². The van der Waals surface area contributed by atoms with Crippen molar-refractivity contribution in [1.29, 1.82) is 0 Å². The molecule has 0 spiro atoms. The minimum Gasteiger partial charge on any atom is -0.404 e. The molecule has 2 rings (SSSR count). The van der Waals surface area contributed by atoms with Gasteiger partial charge in [0.25, 0.3) is 0 Å². The lowest BCUT2D eigenvalue weighted by atomic mass is 10.3. The molecule has 2 aromatic rings. The van der Waals surface area contributed by atoms with Gasteiger partial charge in [-0.2, -0.15) is 0 Å². The number of nitrogens with one attached hydrogen (secondary N) is 1. The number of aromatic nitrogens is 1. The number of ether oxygens (including phenoxy) is 1. The molecule has 0 fully saturated rings. The summed E-state index contributed by atoms with van der Waals surface area (Å²) in [6, 6.07) is 7.20. The van der Waals surface area contributed by atoms with E-state index in [-0.39, 0.29) is 22.3 Å². The van der Waals surface area contributed by atoms with Gasteiger partial charge < -0.3 is 10.1 Å². The van der Waals surface area contributed by atoms with Gasteiger partial charge >= 0.3 is 6.36 Å². The standard InChI is InChI=1S/C12H7BrClF3N2O/c13-7-5-8(14)11(18-6-7)19-9-3-1-2-4-10(9)20-12(15,16)17/h1-6H,(H,18,19). The highest BCUT2D eigenvalue weighted by molar-refractivity contribution is 9.10. The predicted octanol–water partition coefficient (Wildman–Crippen LogP) is 5.14. The van der Waals surface area contributed by atoms with E-state index in [1.165, 1.54) is 24.4 Å². The lowest BCUT2D eigenvalue weighted by molar-refractivity contribution is -0.274. The summed E-state index contributed by atoms with van der Waals surface area (Å²) in [5, 5.41) is 2.97. The zero-order valence-corrected chi connectivity index (χ0v) is 12.1. The van der Waals surface area contributed by atoms with Gasteiger partial charge in [-0.15, -0.1) is 13.2 Å². The van der Waals surface area contributed by atoms with Gasteiger partial charge in [-0.3, -0.25) is 0 Å². The smallest absolute Gasteiger partial charge is 0.404 e. The number of benzene rings is 1. The van der Waals surface area contributed by atoms with E-state index in [2.05, 4.69) is 31.0 Å². The van der Waals surface area contributed by atoms with Crippen LogP contribution in [0.1, 0.15) is 0 Å². The van der Waals surface area contributed by atoms with Crippen LogP contribution in [-0.4, -0.2) is 11.3 Å². The molecule has 0 bridgehead atoms. The quantitative estimate of drug-likeness (QED) is 0.815. The van der Waals surface area contributed by atoms with Gasteiger partial charge in [-0.05, 0) is 34.1 Å². The van der Waals surface area contributed by atoms with Crippen LogP contribution in [0.15, 0.2) is 41.0 Å². The SMILES string of the molecule is FC(F)(F)Oc1ccccc1Nc1ncc(Br)cc1Cl. The Balaban J connectivity index is 2.29. The average Bonchev–Trinajstić information content (AvgIpc) is 2.33. The van der Waals surface area contributed by atoms with Crippen molar-refractivity contribution in [2.45, 2.75) is 6.36 Å². The van der Waals surface area contributed by atoms with Crippen LogP contribution in [0.5, 0.6) is 5.75 Å². The molecule has 20 heavy (non-hydrogen) atoms. The number of para-hydroxylation sites is 2. The Hall–Kier alpha value is -1.47. The molecule has 0 atom stereocenters. The summed E-state index contributed by atoms with van der Waals surface area (Å²) in [6.45, 7) is 0. The highest BCUT2D eigenvalue weighted by atomic mass is 79.9. The Kier molecular flexibility index (Phi) is 4.39. The van der Waals surface area contributed by atoms with Crippen LogP contribution in [0.25, 0.3) is 0 Å². The molecule has 0 amide bonds. The maximum absolute atomic E-state index is 12.3. The molecule has 0 aliphatic heterocycles. The Bertz CT molecular complexity index is 622. The molecule has 1 aromatic heterocycles. The molecule has 0 radical (unpaired) electrons. The summed E-state index contributed by atoms with van der Waals surface area (Å²) >= 11 is 9.13. The number of alkyl halides is 3. The van der Waals surface area contributed by atoms with Crippen LogP contribution in [0, 0.1) is 0 Å². The minimum absolute atomic E-state index is 0.113. The van der Waals surface area contributed by atoms with Gasteiger partial charge in [0, 0.05) is 10.7 Å². The molecule has 106 valence electrons. The summed E-state index contributed by atoms with van der Waals surface area (Å²) < 4.78 is 41.5. The molecular weight excluding hydrogens is 360 g/mol. The highest BCUT2D eigenvalue weighted by Crippen LogP contribution is 2.33. The van der Waals surface area contributed by atoms with Gasteiger partial charge in [0.2, 0.25) is 0 Å². The molecule has 0 unspecified atom stereocenters. The second-order valence-electron chi connectivity index (χ2n) is 3.65. The molecule has 0 aliphatic rings. The fourth-order valence-corrected chi connectivity index (χ4v) is 2.09. The van der Waals surface area contributed by atoms with Gasteiger partial charge in [-0.1, -0.05) is 23.7 Å². The van der Waals surface area contributed by atoms with Crippen LogP contribution in [-0.2, 0) is 0 Å². The largest absolute Gasteiger partial charge is 0.573 e. The summed E-state index contributed by atoms with van der Waals surface area (Å²) in [5.74, 6) is -0.131. The Morgan fingerprint density at radius 2 is 1.95 bits per heavy atom. The minimum atomic E-state index is -4.77. The number of pyridine rings is 1. The first-order valence-electron chi connectivity index (χ1n) is 5.28. The number of halogens is 5. The van der Waals surface area contributed by atoms with Crippen molar-refractivity contribution in [2.24, 2.45) is 0 Å². The fourth-order valence-electron chi connectivity index (χ4n) is 1.42. The Morgan fingerprint density at radius 3 is 2.60 bits per heavy atom. The monoisotopic (exact) mass is 366 g/mol. The number of nitrogens with zero attached hydrogens (tertiary/aromatic N) is 1. The van der Waals surface area contributed by atoms with Crippen LogP contribution in [0.4, 0.5) is 24.7 Å². The van der Waals surface area contributed by atoms with Gasteiger partial charge in [-0.25, -0.2) is 4.98 Å². The molecule has 0 saturated heterocycles. The van der Waals surface area contributed by atoms with Crippen molar-refractivity contribution in [1.82, 2.24) is 4.98 Å². The first kappa shape index (κ1) is 14.9. The number of hydrogen-bond donors (Lipinski definition) is 1. The summed E-state index contributed by atoms with van der Waals surface area (Å²) in [5.41, 5.74) is 0.113. The number of hydrogen-bond acceptors (Lipinski definition) is 3. The predicted molar refractivity (Wildman–Crippen MR) is 73.4 cm³/mol. The third kappa shape index (κ3) is 4.01. The topological polar surface area (TPSA) is 34.1 Å². The van der Waals surface area contributed by atoms with Gasteiger partial charge in [0.1, 0.15) is 5.82 Å². The van der Waals surface area contributed by atoms with Crippen molar-refractivity contribution in [3.8, 4) is 5.75 Å². The molecule has 0 saturated carbocycles. The van der Waals surface area contributed by atoms with E-state index >= 15 is 0 Å². The van der Waals surface area contributed by atoms with Crippen LogP contribution < -0.4 is 10.1 Å². The maximum atomic E-state index is 12.3.